The fraction of sp³-hybridized carbons (Fsp3) is 0.529. The van der Waals surface area contributed by atoms with Crippen LogP contribution in [0.2, 0.25) is 0 Å². The molecule has 4 nitrogen and oxygen atoms in total. The lowest BCUT2D eigenvalue weighted by Crippen LogP contribution is -2.47. The molecule has 21 heavy (non-hydrogen) atoms. The summed E-state index contributed by atoms with van der Waals surface area (Å²) in [4.78, 5) is 4.80. The zero-order chi connectivity index (χ0) is 14.8. The van der Waals surface area contributed by atoms with Crippen LogP contribution in [0.4, 0.5) is 0 Å². The first-order valence-electron chi connectivity index (χ1n) is 7.78. The molecule has 4 heteroatoms. The number of likely N-dealkylation sites (N-methyl/N-ethyl adjacent to an activating group) is 2. The lowest BCUT2D eigenvalue weighted by atomic mass is 10.0. The van der Waals surface area contributed by atoms with Gasteiger partial charge >= 0.3 is 0 Å². The Morgan fingerprint density at radius 3 is 2.95 bits per heavy atom. The van der Waals surface area contributed by atoms with Crippen molar-refractivity contribution in [1.82, 2.24) is 9.80 Å². The molecule has 3 rings (SSSR count). The third-order valence-corrected chi connectivity index (χ3v) is 4.66. The Balaban J connectivity index is 1.83. The van der Waals surface area contributed by atoms with Crippen LogP contribution in [-0.2, 0) is 0 Å². The van der Waals surface area contributed by atoms with Gasteiger partial charge in [0.1, 0.15) is 11.3 Å². The average Bonchev–Trinajstić information content (AvgIpc) is 2.91. The summed E-state index contributed by atoms with van der Waals surface area (Å²) in [6.45, 7) is 2.88. The van der Waals surface area contributed by atoms with E-state index in [4.69, 9.17) is 10.2 Å². The van der Waals surface area contributed by atoms with Gasteiger partial charge in [0.25, 0.3) is 0 Å². The Labute approximate surface area is 126 Å². The molecule has 0 aliphatic carbocycles. The quantitative estimate of drug-likeness (QED) is 0.938. The first kappa shape index (κ1) is 14.6. The van der Waals surface area contributed by atoms with Crippen LogP contribution < -0.4 is 5.73 Å². The third-order valence-electron chi connectivity index (χ3n) is 4.66. The molecule has 1 fully saturated rings. The van der Waals surface area contributed by atoms with E-state index in [1.54, 1.807) is 0 Å². The van der Waals surface area contributed by atoms with Gasteiger partial charge < -0.3 is 15.1 Å². The molecule has 0 amide bonds. The summed E-state index contributed by atoms with van der Waals surface area (Å²) in [5, 5.41) is 1.15. The molecule has 2 N–H and O–H groups in total. The second-order valence-electron chi connectivity index (χ2n) is 6.16. The zero-order valence-corrected chi connectivity index (χ0v) is 13.0. The largest absolute Gasteiger partial charge is 0.459 e. The van der Waals surface area contributed by atoms with Gasteiger partial charge in [-0.2, -0.15) is 0 Å². The van der Waals surface area contributed by atoms with Crippen LogP contribution in [0, 0.1) is 0 Å². The van der Waals surface area contributed by atoms with E-state index in [1.807, 2.05) is 18.2 Å². The second kappa shape index (κ2) is 6.18. The molecule has 1 aromatic carbocycles. The fourth-order valence-corrected chi connectivity index (χ4v) is 3.38. The van der Waals surface area contributed by atoms with Crippen molar-refractivity contribution in [3.05, 3.63) is 36.1 Å². The number of likely N-dealkylation sites (tertiary alicyclic amines) is 1. The van der Waals surface area contributed by atoms with Gasteiger partial charge in [0.2, 0.25) is 0 Å². The van der Waals surface area contributed by atoms with Gasteiger partial charge in [-0.05, 0) is 45.6 Å². The maximum Gasteiger partial charge on any atom is 0.134 e. The molecule has 0 bridgehead atoms. The number of piperidine rings is 1. The Kier molecular flexibility index (Phi) is 4.29. The highest BCUT2D eigenvalue weighted by Crippen LogP contribution is 2.29. The van der Waals surface area contributed by atoms with Crippen LogP contribution >= 0.6 is 0 Å². The summed E-state index contributed by atoms with van der Waals surface area (Å²) in [5.74, 6) is 0.981. The van der Waals surface area contributed by atoms with Crippen molar-refractivity contribution in [2.75, 3.05) is 33.7 Å². The number of nitrogens with two attached hydrogens (primary N) is 1. The number of fused-ring (bicyclic) bond motifs is 1. The Hall–Kier alpha value is -1.36. The summed E-state index contributed by atoms with van der Waals surface area (Å²) >= 11 is 0. The molecule has 2 heterocycles. The first-order chi connectivity index (χ1) is 10.2. The van der Waals surface area contributed by atoms with Crippen molar-refractivity contribution in [2.45, 2.75) is 24.9 Å². The SMILES string of the molecule is CN1CCCC(N(C)C(CN)c2cc3ccccc3o2)C1. The van der Waals surface area contributed by atoms with Gasteiger partial charge in [0.15, 0.2) is 0 Å². The lowest BCUT2D eigenvalue weighted by Gasteiger charge is -2.39. The maximum absolute atomic E-state index is 6.05. The van der Waals surface area contributed by atoms with Gasteiger partial charge in [-0.1, -0.05) is 18.2 Å². The van der Waals surface area contributed by atoms with Gasteiger partial charge in [-0.25, -0.2) is 0 Å². The summed E-state index contributed by atoms with van der Waals surface area (Å²) in [5.41, 5.74) is 7.00. The van der Waals surface area contributed by atoms with Crippen LogP contribution in [0.3, 0.4) is 0 Å². The van der Waals surface area contributed by atoms with E-state index in [-0.39, 0.29) is 6.04 Å². The highest BCUT2D eigenvalue weighted by atomic mass is 16.3. The van der Waals surface area contributed by atoms with E-state index in [0.717, 1.165) is 23.3 Å². The standard InChI is InChI=1S/C17H25N3O/c1-19-9-5-7-14(12-19)20(2)15(11-18)17-10-13-6-3-4-8-16(13)21-17/h3-4,6,8,10,14-15H,5,7,9,11-12,18H2,1-2H3. The van der Waals surface area contributed by atoms with E-state index in [0.29, 0.717) is 12.6 Å². The average molecular weight is 287 g/mol. The molecule has 2 unspecified atom stereocenters. The van der Waals surface area contributed by atoms with E-state index in [2.05, 4.69) is 36.0 Å². The van der Waals surface area contributed by atoms with Gasteiger partial charge in [-0.3, -0.25) is 4.90 Å². The monoisotopic (exact) mass is 287 g/mol. The smallest absolute Gasteiger partial charge is 0.134 e. The molecule has 0 saturated carbocycles. The second-order valence-corrected chi connectivity index (χ2v) is 6.16. The highest BCUT2D eigenvalue weighted by molar-refractivity contribution is 5.77. The highest BCUT2D eigenvalue weighted by Gasteiger charge is 2.28. The Bertz CT molecular complexity index is 561. The third kappa shape index (κ3) is 2.98. The van der Waals surface area contributed by atoms with E-state index in [9.17, 15) is 0 Å². The number of hydrogen-bond donors (Lipinski definition) is 1. The Morgan fingerprint density at radius 1 is 1.43 bits per heavy atom. The van der Waals surface area contributed by atoms with E-state index < -0.39 is 0 Å². The van der Waals surface area contributed by atoms with Crippen LogP contribution in [0.15, 0.2) is 34.7 Å². The number of rotatable bonds is 4. The number of benzene rings is 1. The molecule has 1 saturated heterocycles. The van der Waals surface area contributed by atoms with E-state index in [1.165, 1.54) is 19.4 Å². The molecule has 0 spiro atoms. The molecule has 2 atom stereocenters. The Morgan fingerprint density at radius 2 is 2.24 bits per heavy atom. The summed E-state index contributed by atoms with van der Waals surface area (Å²) in [6, 6.07) is 11.0. The number of hydrogen-bond acceptors (Lipinski definition) is 4. The number of para-hydroxylation sites is 1. The number of furan rings is 1. The molecular formula is C17H25N3O. The topological polar surface area (TPSA) is 45.6 Å². The van der Waals surface area contributed by atoms with Crippen LogP contribution in [0.5, 0.6) is 0 Å². The lowest BCUT2D eigenvalue weighted by molar-refractivity contribution is 0.0927. The van der Waals surface area contributed by atoms with Crippen molar-refractivity contribution in [1.29, 1.82) is 0 Å². The maximum atomic E-state index is 6.05. The molecule has 0 radical (unpaired) electrons. The first-order valence-corrected chi connectivity index (χ1v) is 7.78. The van der Waals surface area contributed by atoms with Crippen LogP contribution in [0.25, 0.3) is 11.0 Å². The van der Waals surface area contributed by atoms with Gasteiger partial charge in [0, 0.05) is 24.5 Å². The van der Waals surface area contributed by atoms with Gasteiger partial charge in [0.05, 0.1) is 6.04 Å². The molecule has 1 aromatic heterocycles. The van der Waals surface area contributed by atoms with Crippen LogP contribution in [-0.4, -0.2) is 49.6 Å². The minimum atomic E-state index is 0.147. The minimum absolute atomic E-state index is 0.147. The number of nitrogens with zero attached hydrogens (tertiary/aromatic N) is 2. The van der Waals surface area contributed by atoms with Crippen molar-refractivity contribution in [3.63, 3.8) is 0 Å². The summed E-state index contributed by atoms with van der Waals surface area (Å²) in [6.07, 6.45) is 2.49. The van der Waals surface area contributed by atoms with Crippen molar-refractivity contribution in [2.24, 2.45) is 5.73 Å². The fourth-order valence-electron chi connectivity index (χ4n) is 3.38. The zero-order valence-electron chi connectivity index (χ0n) is 13.0. The minimum Gasteiger partial charge on any atom is -0.459 e. The van der Waals surface area contributed by atoms with Crippen LogP contribution in [0.1, 0.15) is 24.6 Å². The summed E-state index contributed by atoms with van der Waals surface area (Å²) < 4.78 is 6.02. The molecule has 114 valence electrons. The predicted octanol–water partition coefficient (Wildman–Crippen LogP) is 2.46. The summed E-state index contributed by atoms with van der Waals surface area (Å²) in [7, 11) is 4.37. The van der Waals surface area contributed by atoms with E-state index >= 15 is 0 Å². The van der Waals surface area contributed by atoms with Crippen molar-refractivity contribution < 1.29 is 4.42 Å². The normalized spacial score (nSPS) is 22.0. The van der Waals surface area contributed by atoms with Crippen molar-refractivity contribution in [3.8, 4) is 0 Å². The molecule has 2 aromatic rings. The van der Waals surface area contributed by atoms with Crippen molar-refractivity contribution >= 4 is 11.0 Å². The molecular weight excluding hydrogens is 262 g/mol. The van der Waals surface area contributed by atoms with Gasteiger partial charge in [-0.15, -0.1) is 0 Å². The molecule has 1 aliphatic rings. The molecule has 1 aliphatic heterocycles. The predicted molar refractivity (Wildman–Crippen MR) is 86.3 cm³/mol.